The molecule has 0 aromatic rings. The van der Waals surface area contributed by atoms with E-state index >= 15 is 0 Å². The van der Waals surface area contributed by atoms with Crippen molar-refractivity contribution >= 4 is 11.9 Å². The molecule has 2 atom stereocenters. The van der Waals surface area contributed by atoms with Crippen LogP contribution in [0.3, 0.4) is 0 Å². The van der Waals surface area contributed by atoms with Gasteiger partial charge in [-0.05, 0) is 64.2 Å². The SMILES string of the molecule is CCCCCCCCCCCCCCC/C=C/C(O)C(CO)NC(=O)CCCCCCCCCCCCCCCCCCC/C=C\C/C=C\CCCCCCCCCCCCCCCCCOC(=O)CCCCCCCCCCCCCC. The Bertz CT molecular complexity index is 1340. The van der Waals surface area contributed by atoms with E-state index in [1.807, 2.05) is 6.08 Å². The fraction of sp³-hybridized carbons (Fsp3) is 0.896. The highest BCUT2D eigenvalue weighted by Gasteiger charge is 2.18. The van der Waals surface area contributed by atoms with Gasteiger partial charge in [0.1, 0.15) is 0 Å². The number of carbonyl (C=O) groups excluding carboxylic acids is 2. The van der Waals surface area contributed by atoms with Crippen molar-refractivity contribution in [2.45, 2.75) is 431 Å². The summed E-state index contributed by atoms with van der Waals surface area (Å²) in [5.74, 6) is -0.0411. The van der Waals surface area contributed by atoms with Crippen LogP contribution in [0, 0.1) is 0 Å². The van der Waals surface area contributed by atoms with Crippen molar-refractivity contribution in [3.63, 3.8) is 0 Å². The van der Waals surface area contributed by atoms with Crippen LogP contribution in [0.2, 0.25) is 0 Å². The van der Waals surface area contributed by atoms with Crippen LogP contribution in [-0.4, -0.2) is 47.4 Å². The van der Waals surface area contributed by atoms with Gasteiger partial charge in [-0.1, -0.05) is 378 Å². The topological polar surface area (TPSA) is 95.9 Å². The summed E-state index contributed by atoms with van der Waals surface area (Å²) in [6.45, 7) is 4.94. The predicted molar refractivity (Wildman–Crippen MR) is 366 cm³/mol. The highest BCUT2D eigenvalue weighted by molar-refractivity contribution is 5.76. The lowest BCUT2D eigenvalue weighted by molar-refractivity contribution is -0.143. The lowest BCUT2D eigenvalue weighted by Gasteiger charge is -2.20. The van der Waals surface area contributed by atoms with E-state index < -0.39 is 12.1 Å². The summed E-state index contributed by atoms with van der Waals surface area (Å²) in [6, 6.07) is -0.625. The van der Waals surface area contributed by atoms with Gasteiger partial charge in [0.05, 0.1) is 25.4 Å². The fourth-order valence-corrected chi connectivity index (χ4v) is 11.9. The van der Waals surface area contributed by atoms with E-state index in [-0.39, 0.29) is 18.5 Å². The molecule has 0 aromatic carbocycles. The average Bonchev–Trinajstić information content (AvgIpc) is 3.49. The van der Waals surface area contributed by atoms with Crippen molar-refractivity contribution in [1.82, 2.24) is 5.32 Å². The summed E-state index contributed by atoms with van der Waals surface area (Å²) in [5, 5.41) is 23.2. The summed E-state index contributed by atoms with van der Waals surface area (Å²) in [4.78, 5) is 24.5. The van der Waals surface area contributed by atoms with Crippen molar-refractivity contribution in [1.29, 1.82) is 0 Å². The highest BCUT2D eigenvalue weighted by Crippen LogP contribution is 2.19. The standard InChI is InChI=1S/C77H147NO5/c1-3-5-7-9-11-13-15-17-43-46-49-53-57-61-65-69-75(80)74(73-79)78-76(81)70-66-62-58-54-50-47-44-41-39-37-35-33-31-29-27-25-23-21-19-18-20-22-24-26-28-30-32-34-36-38-40-42-45-48-52-56-60-64-68-72-83-77(82)71-67-63-59-55-51-16-14-12-10-8-6-4-2/h18-19,22,24,65,69,74-75,79-80H,3-17,20-21,23,25-64,66-68,70-73H2,1-2H3,(H,78,81)/b19-18-,24-22-,69-65+. The van der Waals surface area contributed by atoms with Gasteiger partial charge in [0.25, 0.3) is 0 Å². The number of ether oxygens (including phenoxy) is 1. The average molecular weight is 1170 g/mol. The third-order valence-corrected chi connectivity index (χ3v) is 17.7. The first-order chi connectivity index (χ1) is 41.0. The zero-order chi connectivity index (χ0) is 59.9. The van der Waals surface area contributed by atoms with Crippen LogP contribution in [0.4, 0.5) is 0 Å². The van der Waals surface area contributed by atoms with Crippen molar-refractivity contribution in [2.75, 3.05) is 13.2 Å². The maximum absolute atomic E-state index is 12.5. The molecule has 0 aromatic heterocycles. The summed E-state index contributed by atoms with van der Waals surface area (Å²) < 4.78 is 5.49. The molecular weight excluding hydrogens is 1020 g/mol. The molecule has 0 radical (unpaired) electrons. The van der Waals surface area contributed by atoms with Gasteiger partial charge in [0.15, 0.2) is 0 Å². The van der Waals surface area contributed by atoms with Gasteiger partial charge < -0.3 is 20.3 Å². The second kappa shape index (κ2) is 72.6. The number of nitrogens with one attached hydrogen (secondary N) is 1. The van der Waals surface area contributed by atoms with Crippen LogP contribution in [0.15, 0.2) is 36.5 Å². The fourth-order valence-electron chi connectivity index (χ4n) is 11.9. The molecular formula is C77H147NO5. The van der Waals surface area contributed by atoms with E-state index in [0.29, 0.717) is 19.4 Å². The third-order valence-electron chi connectivity index (χ3n) is 17.7. The molecule has 0 bridgehead atoms. The number of unbranched alkanes of at least 4 members (excludes halogenated alkanes) is 56. The minimum Gasteiger partial charge on any atom is -0.466 e. The number of amides is 1. The van der Waals surface area contributed by atoms with Gasteiger partial charge in [-0.15, -0.1) is 0 Å². The minimum atomic E-state index is -0.842. The first kappa shape index (κ1) is 81.1. The van der Waals surface area contributed by atoms with Crippen LogP contribution in [0.5, 0.6) is 0 Å². The quantitative estimate of drug-likeness (QED) is 0.0320. The third kappa shape index (κ3) is 69.1. The van der Waals surface area contributed by atoms with Crippen LogP contribution in [0.25, 0.3) is 0 Å². The number of esters is 1. The Morgan fingerprint density at radius 2 is 0.602 bits per heavy atom. The van der Waals surface area contributed by atoms with E-state index in [0.717, 1.165) is 44.9 Å². The summed E-state index contributed by atoms with van der Waals surface area (Å²) >= 11 is 0. The van der Waals surface area contributed by atoms with Crippen LogP contribution in [-0.2, 0) is 14.3 Å². The summed E-state index contributed by atoms with van der Waals surface area (Å²) in [5.41, 5.74) is 0. The van der Waals surface area contributed by atoms with Crippen molar-refractivity contribution in [2.24, 2.45) is 0 Å². The Balaban J connectivity index is 3.36. The van der Waals surface area contributed by atoms with Crippen molar-refractivity contribution < 1.29 is 24.5 Å². The van der Waals surface area contributed by atoms with E-state index in [1.54, 1.807) is 6.08 Å². The Morgan fingerprint density at radius 1 is 0.337 bits per heavy atom. The molecule has 0 aliphatic rings. The largest absolute Gasteiger partial charge is 0.466 e. The maximum Gasteiger partial charge on any atom is 0.305 e. The number of allylic oxidation sites excluding steroid dienone is 5. The molecule has 1 amide bonds. The zero-order valence-electron chi connectivity index (χ0n) is 56.2. The number of hydrogen-bond donors (Lipinski definition) is 3. The van der Waals surface area contributed by atoms with Crippen molar-refractivity contribution in [3.05, 3.63) is 36.5 Å². The molecule has 0 saturated heterocycles. The second-order valence-corrected chi connectivity index (χ2v) is 26.0. The Kier molecular flexibility index (Phi) is 70.9. The number of aliphatic hydroxyl groups excluding tert-OH is 2. The summed E-state index contributed by atoms with van der Waals surface area (Å²) in [7, 11) is 0. The zero-order valence-corrected chi connectivity index (χ0v) is 56.2. The molecule has 83 heavy (non-hydrogen) atoms. The molecule has 0 aliphatic carbocycles. The van der Waals surface area contributed by atoms with Gasteiger partial charge in [-0.3, -0.25) is 9.59 Å². The van der Waals surface area contributed by atoms with Gasteiger partial charge >= 0.3 is 5.97 Å². The molecule has 0 aliphatic heterocycles. The van der Waals surface area contributed by atoms with Crippen LogP contribution < -0.4 is 5.32 Å². The van der Waals surface area contributed by atoms with Crippen LogP contribution in [0.1, 0.15) is 418 Å². The van der Waals surface area contributed by atoms with Crippen LogP contribution >= 0.6 is 0 Å². The molecule has 0 heterocycles. The monoisotopic (exact) mass is 1170 g/mol. The molecule has 2 unspecified atom stereocenters. The molecule has 490 valence electrons. The van der Waals surface area contributed by atoms with Gasteiger partial charge in [-0.2, -0.15) is 0 Å². The molecule has 6 nitrogen and oxygen atoms in total. The lowest BCUT2D eigenvalue weighted by atomic mass is 10.0. The number of hydrogen-bond acceptors (Lipinski definition) is 5. The van der Waals surface area contributed by atoms with Gasteiger partial charge in [0.2, 0.25) is 5.91 Å². The highest BCUT2D eigenvalue weighted by atomic mass is 16.5. The number of aliphatic hydroxyl groups is 2. The Morgan fingerprint density at radius 3 is 0.916 bits per heavy atom. The van der Waals surface area contributed by atoms with Gasteiger partial charge in [-0.25, -0.2) is 0 Å². The predicted octanol–water partition coefficient (Wildman–Crippen LogP) is 24.7. The normalized spacial score (nSPS) is 12.7. The first-order valence-corrected chi connectivity index (χ1v) is 37.8. The number of carbonyl (C=O) groups is 2. The van der Waals surface area contributed by atoms with E-state index in [9.17, 15) is 19.8 Å². The lowest BCUT2D eigenvalue weighted by Crippen LogP contribution is -2.45. The molecule has 6 heteroatoms. The Labute approximate surface area is 519 Å². The van der Waals surface area contributed by atoms with E-state index in [4.69, 9.17) is 4.74 Å². The molecule has 0 fully saturated rings. The molecule has 0 rings (SSSR count). The van der Waals surface area contributed by atoms with E-state index in [2.05, 4.69) is 43.5 Å². The second-order valence-electron chi connectivity index (χ2n) is 26.0. The van der Waals surface area contributed by atoms with Gasteiger partial charge in [0, 0.05) is 12.8 Å². The first-order valence-electron chi connectivity index (χ1n) is 37.8. The van der Waals surface area contributed by atoms with Crippen molar-refractivity contribution in [3.8, 4) is 0 Å². The molecule has 0 saturated carbocycles. The Hall–Kier alpha value is -1.92. The maximum atomic E-state index is 12.5. The minimum absolute atomic E-state index is 0.0213. The molecule has 3 N–H and O–H groups in total. The molecule has 0 spiro atoms. The number of rotatable bonds is 71. The smallest absolute Gasteiger partial charge is 0.305 e. The van der Waals surface area contributed by atoms with E-state index in [1.165, 1.54) is 347 Å². The summed E-state index contributed by atoms with van der Waals surface area (Å²) in [6.07, 6.45) is 94.0.